The first kappa shape index (κ1) is 17.7. The highest BCUT2D eigenvalue weighted by molar-refractivity contribution is 8.00. The highest BCUT2D eigenvalue weighted by Gasteiger charge is 2.36. The summed E-state index contributed by atoms with van der Waals surface area (Å²) in [5, 5.41) is 9.02. The zero-order valence-electron chi connectivity index (χ0n) is 13.7. The topological polar surface area (TPSA) is 66.8 Å². The van der Waals surface area contributed by atoms with E-state index in [4.69, 9.17) is 4.74 Å². The summed E-state index contributed by atoms with van der Waals surface area (Å²) < 4.78 is 5.13. The van der Waals surface area contributed by atoms with E-state index in [9.17, 15) is 14.7 Å². The Kier molecular flexibility index (Phi) is 5.93. The molecular formula is C17H23NO4S. The van der Waals surface area contributed by atoms with Crippen molar-refractivity contribution in [1.29, 1.82) is 0 Å². The molecule has 1 fully saturated rings. The third-order valence-electron chi connectivity index (χ3n) is 4.31. The van der Waals surface area contributed by atoms with Crippen LogP contribution in [0.2, 0.25) is 0 Å². The fourth-order valence-electron chi connectivity index (χ4n) is 2.93. The van der Waals surface area contributed by atoms with Gasteiger partial charge in [0.1, 0.15) is 5.75 Å². The predicted octanol–water partition coefficient (Wildman–Crippen LogP) is 2.89. The molecule has 1 unspecified atom stereocenters. The van der Waals surface area contributed by atoms with Crippen molar-refractivity contribution in [2.75, 3.05) is 13.7 Å². The molecule has 1 aliphatic heterocycles. The van der Waals surface area contributed by atoms with Gasteiger partial charge in [0.25, 0.3) is 0 Å². The van der Waals surface area contributed by atoms with E-state index in [0.29, 0.717) is 13.0 Å². The number of carboxylic acids is 1. The minimum absolute atomic E-state index is 0.00395. The minimum atomic E-state index is -0.814. The summed E-state index contributed by atoms with van der Waals surface area (Å²) in [6, 6.07) is 7.32. The smallest absolute Gasteiger partial charge is 0.308 e. The van der Waals surface area contributed by atoms with E-state index in [1.165, 1.54) is 11.8 Å². The van der Waals surface area contributed by atoms with Gasteiger partial charge in [-0.1, -0.05) is 0 Å². The molecule has 1 aromatic rings. The monoisotopic (exact) mass is 337 g/mol. The van der Waals surface area contributed by atoms with Crippen LogP contribution in [-0.2, 0) is 9.59 Å². The van der Waals surface area contributed by atoms with Crippen molar-refractivity contribution >= 4 is 23.6 Å². The largest absolute Gasteiger partial charge is 0.497 e. The standard InChI is InChI=1S/C17H23NO4S/c1-11-15(17(20)21)5-4-10-18(11)16(19)12(2)23-14-8-6-13(22-3)7-9-14/h6-9,11-12,15H,4-5,10H2,1-3H3,(H,20,21)/t11-,12?,15-/m0/s1. The second-order valence-corrected chi connectivity index (χ2v) is 7.21. The molecule has 1 amide bonds. The SMILES string of the molecule is COc1ccc(SC(C)C(=O)N2CCC[C@H](C(=O)O)[C@@H]2C)cc1. The van der Waals surface area contributed by atoms with Crippen LogP contribution in [0.1, 0.15) is 26.7 Å². The molecule has 0 saturated carbocycles. The Morgan fingerprint density at radius 3 is 2.57 bits per heavy atom. The van der Waals surface area contributed by atoms with Gasteiger partial charge in [0.05, 0.1) is 18.3 Å². The normalized spacial score (nSPS) is 22.5. The molecule has 5 nitrogen and oxygen atoms in total. The van der Waals surface area contributed by atoms with Crippen molar-refractivity contribution in [1.82, 2.24) is 4.90 Å². The third kappa shape index (κ3) is 4.19. The molecule has 1 aliphatic rings. The number of ether oxygens (including phenoxy) is 1. The number of methoxy groups -OCH3 is 1. The Bertz CT molecular complexity index is 560. The first-order chi connectivity index (χ1) is 10.9. The molecule has 0 aromatic heterocycles. The summed E-state index contributed by atoms with van der Waals surface area (Å²) in [5.41, 5.74) is 0. The molecule has 0 aliphatic carbocycles. The second-order valence-electron chi connectivity index (χ2n) is 5.79. The Balaban J connectivity index is 2.01. The van der Waals surface area contributed by atoms with Gasteiger partial charge in [-0.3, -0.25) is 9.59 Å². The van der Waals surface area contributed by atoms with Crippen LogP contribution in [0.3, 0.4) is 0 Å². The lowest BCUT2D eigenvalue weighted by Gasteiger charge is -2.38. The lowest BCUT2D eigenvalue weighted by Crippen LogP contribution is -2.51. The number of likely N-dealkylation sites (tertiary alicyclic amines) is 1. The molecule has 0 radical (unpaired) electrons. The molecule has 1 N–H and O–H groups in total. The van der Waals surface area contributed by atoms with E-state index in [0.717, 1.165) is 17.1 Å². The zero-order valence-corrected chi connectivity index (χ0v) is 14.5. The van der Waals surface area contributed by atoms with Crippen LogP contribution in [-0.4, -0.2) is 46.8 Å². The Labute approximate surface area is 141 Å². The summed E-state index contributed by atoms with van der Waals surface area (Å²) in [6.07, 6.45) is 1.38. The number of carboxylic acid groups (broad SMARTS) is 1. The zero-order chi connectivity index (χ0) is 17.0. The van der Waals surface area contributed by atoms with E-state index in [1.807, 2.05) is 38.1 Å². The van der Waals surface area contributed by atoms with Crippen LogP contribution in [0.5, 0.6) is 5.75 Å². The van der Waals surface area contributed by atoms with Gasteiger partial charge in [0.2, 0.25) is 5.91 Å². The van der Waals surface area contributed by atoms with Crippen LogP contribution >= 0.6 is 11.8 Å². The first-order valence-corrected chi connectivity index (χ1v) is 8.66. The van der Waals surface area contributed by atoms with E-state index in [2.05, 4.69) is 0 Å². The van der Waals surface area contributed by atoms with Crippen LogP contribution in [0.25, 0.3) is 0 Å². The van der Waals surface area contributed by atoms with Gasteiger partial charge in [-0.25, -0.2) is 0 Å². The third-order valence-corrected chi connectivity index (χ3v) is 5.41. The maximum absolute atomic E-state index is 12.7. The maximum Gasteiger partial charge on any atom is 0.308 e. The minimum Gasteiger partial charge on any atom is -0.497 e. The maximum atomic E-state index is 12.7. The molecule has 1 saturated heterocycles. The lowest BCUT2D eigenvalue weighted by atomic mass is 9.90. The van der Waals surface area contributed by atoms with Crippen molar-refractivity contribution in [2.24, 2.45) is 5.92 Å². The van der Waals surface area contributed by atoms with Gasteiger partial charge in [-0.05, 0) is 51.0 Å². The number of piperidine rings is 1. The van der Waals surface area contributed by atoms with Gasteiger partial charge in [-0.15, -0.1) is 11.8 Å². The highest BCUT2D eigenvalue weighted by Crippen LogP contribution is 2.30. The summed E-state index contributed by atoms with van der Waals surface area (Å²) in [4.78, 5) is 26.7. The quantitative estimate of drug-likeness (QED) is 0.837. The molecule has 1 aromatic carbocycles. The number of thioether (sulfide) groups is 1. The summed E-state index contributed by atoms with van der Waals surface area (Å²) in [6.45, 7) is 4.34. The van der Waals surface area contributed by atoms with Crippen LogP contribution < -0.4 is 4.74 Å². The Hall–Kier alpha value is -1.69. The lowest BCUT2D eigenvalue weighted by molar-refractivity contribution is -0.148. The van der Waals surface area contributed by atoms with Gasteiger partial charge in [0.15, 0.2) is 0 Å². The Morgan fingerprint density at radius 2 is 2.00 bits per heavy atom. The summed E-state index contributed by atoms with van der Waals surface area (Å²) >= 11 is 1.48. The van der Waals surface area contributed by atoms with Crippen molar-refractivity contribution in [3.63, 3.8) is 0 Å². The molecule has 6 heteroatoms. The number of hydrogen-bond donors (Lipinski definition) is 1. The first-order valence-electron chi connectivity index (χ1n) is 7.78. The fourth-order valence-corrected chi connectivity index (χ4v) is 3.86. The number of carbonyl (C=O) groups excluding carboxylic acids is 1. The summed E-state index contributed by atoms with van der Waals surface area (Å²) in [5.74, 6) is -0.497. The molecule has 126 valence electrons. The van der Waals surface area contributed by atoms with Gasteiger partial charge in [-0.2, -0.15) is 0 Å². The number of amides is 1. The average molecular weight is 337 g/mol. The van der Waals surface area contributed by atoms with Gasteiger partial charge in [0, 0.05) is 17.5 Å². The van der Waals surface area contributed by atoms with Crippen molar-refractivity contribution in [3.8, 4) is 5.75 Å². The molecule has 0 spiro atoms. The molecular weight excluding hydrogens is 314 g/mol. The fraction of sp³-hybridized carbons (Fsp3) is 0.529. The van der Waals surface area contributed by atoms with E-state index in [-0.39, 0.29) is 17.2 Å². The molecule has 2 rings (SSSR count). The number of hydrogen-bond acceptors (Lipinski definition) is 4. The van der Waals surface area contributed by atoms with Crippen molar-refractivity contribution < 1.29 is 19.4 Å². The number of carbonyl (C=O) groups is 2. The van der Waals surface area contributed by atoms with E-state index in [1.54, 1.807) is 12.0 Å². The average Bonchev–Trinajstić information content (AvgIpc) is 2.54. The van der Waals surface area contributed by atoms with Crippen LogP contribution in [0.15, 0.2) is 29.2 Å². The van der Waals surface area contributed by atoms with Gasteiger partial charge < -0.3 is 14.7 Å². The van der Waals surface area contributed by atoms with Crippen LogP contribution in [0, 0.1) is 5.92 Å². The van der Waals surface area contributed by atoms with E-state index >= 15 is 0 Å². The molecule has 1 heterocycles. The molecule has 3 atom stereocenters. The van der Waals surface area contributed by atoms with Crippen molar-refractivity contribution in [3.05, 3.63) is 24.3 Å². The summed E-state index contributed by atoms with van der Waals surface area (Å²) in [7, 11) is 1.62. The van der Waals surface area contributed by atoms with Gasteiger partial charge >= 0.3 is 5.97 Å². The van der Waals surface area contributed by atoms with E-state index < -0.39 is 11.9 Å². The predicted molar refractivity (Wildman–Crippen MR) is 89.8 cm³/mol. The second kappa shape index (κ2) is 7.73. The number of nitrogens with zero attached hydrogens (tertiary/aromatic N) is 1. The number of benzene rings is 1. The van der Waals surface area contributed by atoms with Crippen molar-refractivity contribution in [2.45, 2.75) is 42.9 Å². The number of aliphatic carboxylic acids is 1. The molecule has 0 bridgehead atoms. The highest BCUT2D eigenvalue weighted by atomic mass is 32.2. The number of rotatable bonds is 5. The Morgan fingerprint density at radius 1 is 1.35 bits per heavy atom. The molecule has 23 heavy (non-hydrogen) atoms. The van der Waals surface area contributed by atoms with Crippen LogP contribution in [0.4, 0.5) is 0 Å².